The lowest BCUT2D eigenvalue weighted by molar-refractivity contribution is -0.130. The predicted molar refractivity (Wildman–Crippen MR) is 105 cm³/mol. The third-order valence-corrected chi connectivity index (χ3v) is 6.10. The molecule has 154 valence electrons. The lowest BCUT2D eigenvalue weighted by atomic mass is 9.92. The standard InChI is InChI=1S/C21H24F2N4O2/c1-12-9-15(21(22)23)10-18(29)20(12)16-3-4-19(25-24-16)27-8-6-14-5-7-26(13(2)28)11-17(14)27/h3-4,9-10,14,17,21,29H,5-8,11H2,1-2H3/t14-,17-/m0/s1. The number of hydrogen-bond acceptors (Lipinski definition) is 5. The Hall–Kier alpha value is -2.77. The summed E-state index contributed by atoms with van der Waals surface area (Å²) in [4.78, 5) is 15.9. The number of halogens is 2. The Morgan fingerprint density at radius 1 is 1.21 bits per heavy atom. The largest absolute Gasteiger partial charge is 0.507 e. The van der Waals surface area contributed by atoms with Crippen LogP contribution < -0.4 is 4.90 Å². The maximum atomic E-state index is 12.9. The van der Waals surface area contributed by atoms with E-state index in [2.05, 4.69) is 15.1 Å². The second-order valence-corrected chi connectivity index (χ2v) is 7.87. The summed E-state index contributed by atoms with van der Waals surface area (Å²) in [5.74, 6) is 1.14. The number of phenolic OH excluding ortho intramolecular Hbond substituents is 1. The van der Waals surface area contributed by atoms with Gasteiger partial charge >= 0.3 is 0 Å². The van der Waals surface area contributed by atoms with Crippen LogP contribution >= 0.6 is 0 Å². The van der Waals surface area contributed by atoms with Crippen LogP contribution in [0.4, 0.5) is 14.6 Å². The van der Waals surface area contributed by atoms with Crippen LogP contribution in [0.15, 0.2) is 24.3 Å². The Kier molecular flexibility index (Phi) is 5.10. The molecule has 4 rings (SSSR count). The van der Waals surface area contributed by atoms with Gasteiger partial charge in [-0.25, -0.2) is 8.78 Å². The topological polar surface area (TPSA) is 69.6 Å². The molecule has 0 spiro atoms. The molecule has 3 heterocycles. The van der Waals surface area contributed by atoms with Crippen molar-refractivity contribution >= 4 is 11.7 Å². The number of fused-ring (bicyclic) bond motifs is 1. The normalized spacial score (nSPS) is 21.6. The van der Waals surface area contributed by atoms with Crippen LogP contribution in [0.25, 0.3) is 11.3 Å². The van der Waals surface area contributed by atoms with Crippen molar-refractivity contribution in [2.24, 2.45) is 5.92 Å². The molecular weight excluding hydrogens is 378 g/mol. The number of piperidine rings is 1. The zero-order valence-corrected chi connectivity index (χ0v) is 16.5. The molecule has 2 aliphatic heterocycles. The average molecular weight is 402 g/mol. The number of phenols is 1. The molecule has 8 heteroatoms. The van der Waals surface area contributed by atoms with Crippen LogP contribution in [0.2, 0.25) is 0 Å². The molecule has 1 aromatic heterocycles. The molecule has 29 heavy (non-hydrogen) atoms. The molecule has 0 aliphatic carbocycles. The van der Waals surface area contributed by atoms with Gasteiger partial charge in [0.1, 0.15) is 5.75 Å². The van der Waals surface area contributed by atoms with Crippen LogP contribution in [0.3, 0.4) is 0 Å². The number of likely N-dealkylation sites (tertiary alicyclic amines) is 1. The van der Waals surface area contributed by atoms with Crippen molar-refractivity contribution in [3.63, 3.8) is 0 Å². The maximum absolute atomic E-state index is 12.9. The Balaban J connectivity index is 1.58. The molecule has 2 fully saturated rings. The first-order valence-electron chi connectivity index (χ1n) is 9.83. The van der Waals surface area contributed by atoms with Crippen molar-refractivity contribution in [1.82, 2.24) is 15.1 Å². The highest BCUT2D eigenvalue weighted by Gasteiger charge is 2.39. The number of aromatic hydroxyl groups is 1. The molecule has 0 saturated carbocycles. The minimum Gasteiger partial charge on any atom is -0.507 e. The van der Waals surface area contributed by atoms with Gasteiger partial charge in [-0.05, 0) is 55.5 Å². The van der Waals surface area contributed by atoms with Crippen molar-refractivity contribution in [2.75, 3.05) is 24.5 Å². The Morgan fingerprint density at radius 3 is 2.59 bits per heavy atom. The third-order valence-electron chi connectivity index (χ3n) is 6.10. The molecule has 2 saturated heterocycles. The number of hydrogen-bond donors (Lipinski definition) is 1. The summed E-state index contributed by atoms with van der Waals surface area (Å²) in [5.41, 5.74) is 1.15. The summed E-state index contributed by atoms with van der Waals surface area (Å²) in [6.45, 7) is 5.63. The van der Waals surface area contributed by atoms with E-state index in [1.54, 1.807) is 19.9 Å². The lowest BCUT2D eigenvalue weighted by Crippen LogP contribution is -2.49. The molecule has 0 radical (unpaired) electrons. The van der Waals surface area contributed by atoms with Crippen molar-refractivity contribution in [2.45, 2.75) is 39.2 Å². The molecule has 1 aromatic carbocycles. The molecule has 0 bridgehead atoms. The molecule has 1 amide bonds. The molecular formula is C21H24F2N4O2. The Labute approximate surface area is 168 Å². The zero-order valence-electron chi connectivity index (χ0n) is 16.5. The van der Waals surface area contributed by atoms with E-state index in [1.807, 2.05) is 11.0 Å². The monoisotopic (exact) mass is 402 g/mol. The number of nitrogens with zero attached hydrogens (tertiary/aromatic N) is 4. The summed E-state index contributed by atoms with van der Waals surface area (Å²) >= 11 is 0. The first-order valence-corrected chi connectivity index (χ1v) is 9.83. The summed E-state index contributed by atoms with van der Waals surface area (Å²) in [7, 11) is 0. The number of anilines is 1. The van der Waals surface area contributed by atoms with Gasteiger partial charge in [-0.2, -0.15) is 0 Å². The first-order chi connectivity index (χ1) is 13.8. The van der Waals surface area contributed by atoms with E-state index < -0.39 is 6.43 Å². The number of rotatable bonds is 3. The number of amides is 1. The zero-order chi connectivity index (χ0) is 20.7. The highest BCUT2D eigenvalue weighted by Crippen LogP contribution is 2.37. The van der Waals surface area contributed by atoms with Crippen LogP contribution in [0.1, 0.15) is 37.3 Å². The van der Waals surface area contributed by atoms with Gasteiger partial charge in [-0.15, -0.1) is 10.2 Å². The summed E-state index contributed by atoms with van der Waals surface area (Å²) in [6, 6.07) is 6.27. The van der Waals surface area contributed by atoms with Gasteiger partial charge in [0.2, 0.25) is 5.91 Å². The molecule has 2 aliphatic rings. The molecule has 0 unspecified atom stereocenters. The molecule has 1 N–H and O–H groups in total. The van der Waals surface area contributed by atoms with E-state index in [0.29, 0.717) is 29.3 Å². The Morgan fingerprint density at radius 2 is 1.97 bits per heavy atom. The van der Waals surface area contributed by atoms with Crippen molar-refractivity contribution in [3.05, 3.63) is 35.4 Å². The lowest BCUT2D eigenvalue weighted by Gasteiger charge is -2.38. The van der Waals surface area contributed by atoms with Gasteiger partial charge in [0.05, 0.1) is 11.7 Å². The van der Waals surface area contributed by atoms with Crippen LogP contribution in [0, 0.1) is 12.8 Å². The fourth-order valence-corrected chi connectivity index (χ4v) is 4.58. The smallest absolute Gasteiger partial charge is 0.263 e. The van der Waals surface area contributed by atoms with E-state index >= 15 is 0 Å². The average Bonchev–Trinajstić information content (AvgIpc) is 3.11. The molecule has 2 atom stereocenters. The number of carbonyl (C=O) groups excluding carboxylic acids is 1. The number of benzene rings is 1. The highest BCUT2D eigenvalue weighted by molar-refractivity contribution is 5.73. The van der Waals surface area contributed by atoms with Gasteiger partial charge in [-0.1, -0.05) is 0 Å². The van der Waals surface area contributed by atoms with E-state index in [9.17, 15) is 18.7 Å². The van der Waals surface area contributed by atoms with Crippen molar-refractivity contribution in [3.8, 4) is 17.0 Å². The van der Waals surface area contributed by atoms with Gasteiger partial charge in [-0.3, -0.25) is 4.79 Å². The van der Waals surface area contributed by atoms with Gasteiger partial charge in [0.15, 0.2) is 5.82 Å². The maximum Gasteiger partial charge on any atom is 0.263 e. The van der Waals surface area contributed by atoms with Crippen molar-refractivity contribution in [1.29, 1.82) is 0 Å². The fraction of sp³-hybridized carbons (Fsp3) is 0.476. The fourth-order valence-electron chi connectivity index (χ4n) is 4.58. The number of carbonyl (C=O) groups is 1. The second-order valence-electron chi connectivity index (χ2n) is 7.87. The van der Waals surface area contributed by atoms with E-state index in [-0.39, 0.29) is 23.3 Å². The van der Waals surface area contributed by atoms with Gasteiger partial charge in [0.25, 0.3) is 6.43 Å². The number of aryl methyl sites for hydroxylation is 1. The summed E-state index contributed by atoms with van der Waals surface area (Å²) < 4.78 is 25.9. The summed E-state index contributed by atoms with van der Waals surface area (Å²) in [6.07, 6.45) is -0.583. The minimum atomic E-state index is -2.64. The quantitative estimate of drug-likeness (QED) is 0.851. The number of alkyl halides is 2. The predicted octanol–water partition coefficient (Wildman–Crippen LogP) is 3.54. The minimum absolute atomic E-state index is 0.0925. The SMILES string of the molecule is CC(=O)N1CC[C@H]2CCN(c3ccc(-c4c(C)cc(C(F)F)cc4O)nn3)[C@H]2C1. The highest BCUT2D eigenvalue weighted by atomic mass is 19.3. The van der Waals surface area contributed by atoms with Crippen LogP contribution in [0.5, 0.6) is 5.75 Å². The first kappa shape index (κ1) is 19.5. The van der Waals surface area contributed by atoms with Gasteiger partial charge < -0.3 is 14.9 Å². The summed E-state index contributed by atoms with van der Waals surface area (Å²) in [5, 5.41) is 18.9. The Bertz CT molecular complexity index is 896. The van der Waals surface area contributed by atoms with Crippen molar-refractivity contribution < 1.29 is 18.7 Å². The van der Waals surface area contributed by atoms with E-state index in [0.717, 1.165) is 37.8 Å². The molecule has 2 aromatic rings. The third kappa shape index (κ3) is 3.63. The van der Waals surface area contributed by atoms with E-state index in [1.165, 1.54) is 6.07 Å². The number of aromatic nitrogens is 2. The van der Waals surface area contributed by atoms with E-state index in [4.69, 9.17) is 0 Å². The van der Waals surface area contributed by atoms with Gasteiger partial charge in [0, 0.05) is 37.7 Å². The molecule has 6 nitrogen and oxygen atoms in total. The van der Waals surface area contributed by atoms with Crippen LogP contribution in [-0.4, -0.2) is 51.8 Å². The second kappa shape index (κ2) is 7.57. The van der Waals surface area contributed by atoms with Crippen LogP contribution in [-0.2, 0) is 4.79 Å².